The second kappa shape index (κ2) is 6.40. The summed E-state index contributed by atoms with van der Waals surface area (Å²) in [5.41, 5.74) is 5.85. The SMILES string of the molecule is NC(=S)c1ccc(OCCCCO)c(F)c1. The van der Waals surface area contributed by atoms with Crippen molar-refractivity contribution in [2.45, 2.75) is 12.8 Å². The zero-order valence-electron chi connectivity index (χ0n) is 8.78. The van der Waals surface area contributed by atoms with Crippen molar-refractivity contribution in [2.75, 3.05) is 13.2 Å². The predicted octanol–water partition coefficient (Wildman–Crippen LogP) is 1.61. The van der Waals surface area contributed by atoms with Gasteiger partial charge in [0, 0.05) is 12.2 Å². The van der Waals surface area contributed by atoms with Gasteiger partial charge in [0.15, 0.2) is 11.6 Å². The second-order valence-electron chi connectivity index (χ2n) is 3.29. The molecule has 0 amide bonds. The van der Waals surface area contributed by atoms with E-state index in [0.717, 1.165) is 0 Å². The molecule has 1 aromatic rings. The summed E-state index contributed by atoms with van der Waals surface area (Å²) in [6.07, 6.45) is 1.33. The molecule has 0 aliphatic rings. The largest absolute Gasteiger partial charge is 0.491 e. The number of ether oxygens (including phenoxy) is 1. The molecule has 3 nitrogen and oxygen atoms in total. The van der Waals surface area contributed by atoms with Crippen LogP contribution in [0.25, 0.3) is 0 Å². The molecule has 0 aliphatic carbocycles. The molecule has 0 aromatic heterocycles. The van der Waals surface area contributed by atoms with Gasteiger partial charge in [-0.05, 0) is 31.0 Å². The lowest BCUT2D eigenvalue weighted by Crippen LogP contribution is -2.10. The van der Waals surface area contributed by atoms with Gasteiger partial charge in [0.1, 0.15) is 4.99 Å². The van der Waals surface area contributed by atoms with E-state index in [4.69, 9.17) is 27.8 Å². The molecule has 0 bridgehead atoms. The maximum atomic E-state index is 13.4. The van der Waals surface area contributed by atoms with Gasteiger partial charge in [0.2, 0.25) is 0 Å². The smallest absolute Gasteiger partial charge is 0.165 e. The van der Waals surface area contributed by atoms with Crippen LogP contribution in [0, 0.1) is 5.82 Å². The average molecular weight is 243 g/mol. The Morgan fingerprint density at radius 2 is 2.19 bits per heavy atom. The third-order valence-corrected chi connectivity index (χ3v) is 2.26. The van der Waals surface area contributed by atoms with Gasteiger partial charge in [-0.2, -0.15) is 0 Å². The molecule has 0 saturated heterocycles. The highest BCUT2D eigenvalue weighted by Gasteiger charge is 2.05. The maximum Gasteiger partial charge on any atom is 0.165 e. The zero-order chi connectivity index (χ0) is 12.0. The quantitative estimate of drug-likeness (QED) is 0.589. The van der Waals surface area contributed by atoms with Gasteiger partial charge in [-0.1, -0.05) is 12.2 Å². The van der Waals surface area contributed by atoms with Gasteiger partial charge in [0.05, 0.1) is 6.61 Å². The van der Waals surface area contributed by atoms with Crippen molar-refractivity contribution in [1.29, 1.82) is 0 Å². The lowest BCUT2D eigenvalue weighted by atomic mass is 10.2. The number of aliphatic hydroxyl groups excluding tert-OH is 1. The summed E-state index contributed by atoms with van der Waals surface area (Å²) >= 11 is 4.73. The van der Waals surface area contributed by atoms with Crippen molar-refractivity contribution < 1.29 is 14.2 Å². The van der Waals surface area contributed by atoms with Crippen LogP contribution in [0.4, 0.5) is 4.39 Å². The number of nitrogens with two attached hydrogens (primary N) is 1. The number of benzene rings is 1. The average Bonchev–Trinajstić information content (AvgIpc) is 2.26. The molecule has 0 radical (unpaired) electrons. The van der Waals surface area contributed by atoms with Crippen molar-refractivity contribution in [3.63, 3.8) is 0 Å². The van der Waals surface area contributed by atoms with Crippen molar-refractivity contribution in [3.05, 3.63) is 29.6 Å². The molecule has 5 heteroatoms. The topological polar surface area (TPSA) is 55.5 Å². The second-order valence-corrected chi connectivity index (χ2v) is 3.73. The van der Waals surface area contributed by atoms with Gasteiger partial charge in [-0.15, -0.1) is 0 Å². The molecule has 1 rings (SSSR count). The van der Waals surface area contributed by atoms with Gasteiger partial charge < -0.3 is 15.6 Å². The molecule has 0 spiro atoms. The van der Waals surface area contributed by atoms with Gasteiger partial charge in [0.25, 0.3) is 0 Å². The van der Waals surface area contributed by atoms with E-state index < -0.39 is 5.82 Å². The summed E-state index contributed by atoms with van der Waals surface area (Å²) in [6.45, 7) is 0.496. The third-order valence-electron chi connectivity index (χ3n) is 2.03. The molecular weight excluding hydrogens is 229 g/mol. The Hall–Kier alpha value is -1.20. The Kier molecular flexibility index (Phi) is 5.14. The van der Waals surface area contributed by atoms with Crippen LogP contribution in [-0.4, -0.2) is 23.3 Å². The molecule has 3 N–H and O–H groups in total. The molecule has 88 valence electrons. The Balaban J connectivity index is 2.57. The Morgan fingerprint density at radius 1 is 1.44 bits per heavy atom. The fourth-order valence-electron chi connectivity index (χ4n) is 1.17. The highest BCUT2D eigenvalue weighted by atomic mass is 32.1. The van der Waals surface area contributed by atoms with Crippen LogP contribution >= 0.6 is 12.2 Å². The van der Waals surface area contributed by atoms with Crippen LogP contribution in [0.3, 0.4) is 0 Å². The van der Waals surface area contributed by atoms with Crippen LogP contribution in [0.1, 0.15) is 18.4 Å². The highest BCUT2D eigenvalue weighted by Crippen LogP contribution is 2.18. The van der Waals surface area contributed by atoms with E-state index >= 15 is 0 Å². The molecule has 0 atom stereocenters. The summed E-state index contributed by atoms with van der Waals surface area (Å²) in [5, 5.41) is 8.56. The molecule has 1 aromatic carbocycles. The van der Waals surface area contributed by atoms with Crippen molar-refractivity contribution in [2.24, 2.45) is 5.73 Å². The first kappa shape index (κ1) is 12.9. The lowest BCUT2D eigenvalue weighted by molar-refractivity contribution is 0.248. The molecular formula is C11H14FNO2S. The highest BCUT2D eigenvalue weighted by molar-refractivity contribution is 7.80. The number of unbranched alkanes of at least 4 members (excludes halogenated alkanes) is 1. The number of halogens is 1. The molecule has 0 heterocycles. The number of hydrogen-bond donors (Lipinski definition) is 2. The fraction of sp³-hybridized carbons (Fsp3) is 0.364. The van der Waals surface area contributed by atoms with Gasteiger partial charge in [-0.3, -0.25) is 0 Å². The van der Waals surface area contributed by atoms with Crippen LogP contribution in [-0.2, 0) is 0 Å². The number of rotatable bonds is 6. The summed E-state index contributed by atoms with van der Waals surface area (Å²) in [5.74, 6) is -0.299. The van der Waals surface area contributed by atoms with E-state index in [1.807, 2.05) is 0 Å². The summed E-state index contributed by atoms with van der Waals surface area (Å²) in [7, 11) is 0. The Bertz CT molecular complexity index is 371. The Morgan fingerprint density at radius 3 is 2.75 bits per heavy atom. The minimum absolute atomic E-state index is 0.117. The maximum absolute atomic E-state index is 13.4. The van der Waals surface area contributed by atoms with Crippen molar-refractivity contribution in [3.8, 4) is 5.75 Å². The first-order chi connectivity index (χ1) is 7.65. The number of aliphatic hydroxyl groups is 1. The lowest BCUT2D eigenvalue weighted by Gasteiger charge is -2.07. The molecule has 0 fully saturated rings. The first-order valence-corrected chi connectivity index (χ1v) is 5.39. The summed E-state index contributed by atoms with van der Waals surface area (Å²) in [4.78, 5) is 0.158. The Labute approximate surface area is 99.0 Å². The standard InChI is InChI=1S/C11H14FNO2S/c12-9-7-8(11(13)16)3-4-10(9)15-6-2-1-5-14/h3-4,7,14H,1-2,5-6H2,(H2,13,16). The number of thiocarbonyl (C=S) groups is 1. The van der Waals surface area contributed by atoms with E-state index in [-0.39, 0.29) is 17.3 Å². The minimum atomic E-state index is -0.478. The molecule has 0 aliphatic heterocycles. The zero-order valence-corrected chi connectivity index (χ0v) is 9.60. The van der Waals surface area contributed by atoms with Crippen LogP contribution < -0.4 is 10.5 Å². The van der Waals surface area contributed by atoms with E-state index in [0.29, 0.717) is 25.0 Å². The fourth-order valence-corrected chi connectivity index (χ4v) is 1.29. The van der Waals surface area contributed by atoms with Crippen molar-refractivity contribution in [1.82, 2.24) is 0 Å². The van der Waals surface area contributed by atoms with Crippen LogP contribution in [0.15, 0.2) is 18.2 Å². The molecule has 16 heavy (non-hydrogen) atoms. The molecule has 0 unspecified atom stereocenters. The van der Waals surface area contributed by atoms with Crippen LogP contribution in [0.5, 0.6) is 5.75 Å². The molecule has 0 saturated carbocycles. The van der Waals surface area contributed by atoms with E-state index in [1.165, 1.54) is 12.1 Å². The monoisotopic (exact) mass is 243 g/mol. The normalized spacial score (nSPS) is 10.1. The summed E-state index contributed by atoms with van der Waals surface area (Å²) < 4.78 is 18.6. The van der Waals surface area contributed by atoms with E-state index in [2.05, 4.69) is 0 Å². The van der Waals surface area contributed by atoms with E-state index in [9.17, 15) is 4.39 Å². The summed E-state index contributed by atoms with van der Waals surface area (Å²) in [6, 6.07) is 4.37. The van der Waals surface area contributed by atoms with Crippen LogP contribution in [0.2, 0.25) is 0 Å². The van der Waals surface area contributed by atoms with Crippen molar-refractivity contribution >= 4 is 17.2 Å². The predicted molar refractivity (Wildman–Crippen MR) is 64.1 cm³/mol. The number of hydrogen-bond acceptors (Lipinski definition) is 3. The minimum Gasteiger partial charge on any atom is -0.491 e. The van der Waals surface area contributed by atoms with E-state index in [1.54, 1.807) is 6.07 Å². The van der Waals surface area contributed by atoms with Gasteiger partial charge >= 0.3 is 0 Å². The first-order valence-electron chi connectivity index (χ1n) is 4.98. The third kappa shape index (κ3) is 3.75. The van der Waals surface area contributed by atoms with Gasteiger partial charge in [-0.25, -0.2) is 4.39 Å².